The Kier molecular flexibility index (Phi) is 5.46. The highest BCUT2D eigenvalue weighted by atomic mass is 35.5. The first-order valence-corrected chi connectivity index (χ1v) is 8.62. The van der Waals surface area contributed by atoms with Gasteiger partial charge in [0.1, 0.15) is 6.10 Å². The summed E-state index contributed by atoms with van der Waals surface area (Å²) in [5.74, 6) is 0. The van der Waals surface area contributed by atoms with Crippen molar-refractivity contribution in [2.75, 3.05) is 44.0 Å². The third kappa shape index (κ3) is 4.24. The van der Waals surface area contributed by atoms with Gasteiger partial charge in [-0.2, -0.15) is 0 Å². The van der Waals surface area contributed by atoms with E-state index < -0.39 is 0 Å². The molecule has 0 radical (unpaired) electrons. The third-order valence-electron chi connectivity index (χ3n) is 4.22. The first kappa shape index (κ1) is 17.6. The lowest BCUT2D eigenvalue weighted by Crippen LogP contribution is -2.44. The predicted octanol–water partition coefficient (Wildman–Crippen LogP) is 4.01. The van der Waals surface area contributed by atoms with Crippen molar-refractivity contribution in [2.45, 2.75) is 6.10 Å². The van der Waals surface area contributed by atoms with Crippen LogP contribution in [-0.2, 0) is 4.74 Å². The molecule has 6 heteroatoms. The molecule has 0 aromatic heterocycles. The summed E-state index contributed by atoms with van der Waals surface area (Å²) in [6.45, 7) is 1.59. The van der Waals surface area contributed by atoms with E-state index in [1.165, 1.54) is 0 Å². The molecule has 1 fully saturated rings. The topological polar surface area (TPSA) is 44.8 Å². The number of hydrogen-bond acceptors (Lipinski definition) is 3. The summed E-state index contributed by atoms with van der Waals surface area (Å²) >= 11 is 5.94. The van der Waals surface area contributed by atoms with E-state index in [1.807, 2.05) is 67.5 Å². The van der Waals surface area contributed by atoms with Gasteiger partial charge in [-0.15, -0.1) is 0 Å². The Hall–Kier alpha value is -2.24. The van der Waals surface area contributed by atoms with Crippen molar-refractivity contribution in [3.05, 3.63) is 59.1 Å². The molecule has 1 N–H and O–H groups in total. The van der Waals surface area contributed by atoms with Gasteiger partial charge in [-0.25, -0.2) is 4.79 Å². The zero-order chi connectivity index (χ0) is 17.8. The molecule has 2 amide bonds. The van der Waals surface area contributed by atoms with Crippen molar-refractivity contribution < 1.29 is 9.53 Å². The number of nitrogens with one attached hydrogen (secondary N) is 1. The van der Waals surface area contributed by atoms with Gasteiger partial charge in [0.05, 0.1) is 24.5 Å². The normalized spacial score (nSPS) is 17.2. The van der Waals surface area contributed by atoms with E-state index >= 15 is 0 Å². The summed E-state index contributed by atoms with van der Waals surface area (Å²) in [4.78, 5) is 16.5. The molecule has 1 aliphatic rings. The number of morpholine rings is 1. The number of hydrogen-bond donors (Lipinski definition) is 1. The summed E-state index contributed by atoms with van der Waals surface area (Å²) in [5.41, 5.74) is 2.79. The molecule has 1 atom stereocenters. The van der Waals surface area contributed by atoms with Crippen LogP contribution in [-0.4, -0.2) is 44.7 Å². The van der Waals surface area contributed by atoms with E-state index in [2.05, 4.69) is 5.32 Å². The lowest BCUT2D eigenvalue weighted by atomic mass is 10.1. The SMILES string of the molecule is CN(C)c1ccccc1NC(=O)N1CCOC(c2ccc(Cl)cc2)C1. The van der Waals surface area contributed by atoms with Crippen LogP contribution in [0.1, 0.15) is 11.7 Å². The molecule has 0 bridgehead atoms. The molecule has 0 spiro atoms. The molecule has 3 rings (SSSR count). The Morgan fingerprint density at radius 1 is 1.20 bits per heavy atom. The zero-order valence-electron chi connectivity index (χ0n) is 14.4. The van der Waals surface area contributed by atoms with Crippen LogP contribution in [0.3, 0.4) is 0 Å². The van der Waals surface area contributed by atoms with E-state index in [0.29, 0.717) is 24.7 Å². The number of amides is 2. The molecular weight excluding hydrogens is 338 g/mol. The summed E-state index contributed by atoms with van der Waals surface area (Å²) in [6, 6.07) is 15.2. The Bertz CT molecular complexity index is 734. The minimum atomic E-state index is -0.138. The monoisotopic (exact) mass is 359 g/mol. The average Bonchev–Trinajstić information content (AvgIpc) is 2.62. The van der Waals surface area contributed by atoms with Crippen LogP contribution in [0.2, 0.25) is 5.02 Å². The van der Waals surface area contributed by atoms with Gasteiger partial charge in [0.25, 0.3) is 0 Å². The molecule has 1 aliphatic heterocycles. The number of anilines is 2. The molecule has 25 heavy (non-hydrogen) atoms. The number of nitrogens with zero attached hydrogens (tertiary/aromatic N) is 2. The second kappa shape index (κ2) is 7.76. The van der Waals surface area contributed by atoms with E-state index in [9.17, 15) is 4.79 Å². The van der Waals surface area contributed by atoms with Crippen molar-refractivity contribution in [2.24, 2.45) is 0 Å². The number of halogens is 1. The first-order chi connectivity index (χ1) is 12.0. The Morgan fingerprint density at radius 3 is 2.64 bits per heavy atom. The van der Waals surface area contributed by atoms with Gasteiger partial charge in [0, 0.05) is 25.7 Å². The first-order valence-electron chi connectivity index (χ1n) is 8.24. The van der Waals surface area contributed by atoms with Crippen molar-refractivity contribution >= 4 is 29.0 Å². The molecule has 5 nitrogen and oxygen atoms in total. The van der Waals surface area contributed by atoms with E-state index in [4.69, 9.17) is 16.3 Å². The van der Waals surface area contributed by atoms with Gasteiger partial charge in [0.2, 0.25) is 0 Å². The third-order valence-corrected chi connectivity index (χ3v) is 4.47. The molecule has 0 saturated carbocycles. The quantitative estimate of drug-likeness (QED) is 0.900. The number of benzene rings is 2. The maximum Gasteiger partial charge on any atom is 0.322 e. The fourth-order valence-electron chi connectivity index (χ4n) is 2.88. The van der Waals surface area contributed by atoms with Crippen molar-refractivity contribution in [1.82, 2.24) is 4.90 Å². The number of carbonyl (C=O) groups excluding carboxylic acids is 1. The van der Waals surface area contributed by atoms with Crippen LogP contribution in [0.5, 0.6) is 0 Å². The standard InChI is InChI=1S/C19H22ClN3O2/c1-22(2)17-6-4-3-5-16(17)21-19(24)23-11-12-25-18(13-23)14-7-9-15(20)10-8-14/h3-10,18H,11-13H2,1-2H3,(H,21,24). The summed E-state index contributed by atoms with van der Waals surface area (Å²) < 4.78 is 5.82. The highest BCUT2D eigenvalue weighted by Gasteiger charge is 2.25. The second-order valence-electron chi connectivity index (χ2n) is 6.20. The van der Waals surface area contributed by atoms with Crippen LogP contribution in [0, 0.1) is 0 Å². The summed E-state index contributed by atoms with van der Waals surface area (Å²) in [7, 11) is 3.91. The van der Waals surface area contributed by atoms with Gasteiger partial charge >= 0.3 is 6.03 Å². The van der Waals surface area contributed by atoms with Gasteiger partial charge in [0.15, 0.2) is 0 Å². The fourth-order valence-corrected chi connectivity index (χ4v) is 3.00. The predicted molar refractivity (Wildman–Crippen MR) is 102 cm³/mol. The number of ether oxygens (including phenoxy) is 1. The van der Waals surface area contributed by atoms with Crippen LogP contribution in [0.15, 0.2) is 48.5 Å². The molecule has 0 aliphatic carbocycles. The number of para-hydroxylation sites is 2. The van der Waals surface area contributed by atoms with E-state index in [0.717, 1.165) is 16.9 Å². The Labute approximate surface area is 153 Å². The lowest BCUT2D eigenvalue weighted by Gasteiger charge is -2.33. The van der Waals surface area contributed by atoms with Gasteiger partial charge in [-0.3, -0.25) is 0 Å². The Balaban J connectivity index is 1.69. The van der Waals surface area contributed by atoms with Crippen LogP contribution in [0.4, 0.5) is 16.2 Å². The summed E-state index contributed by atoms with van der Waals surface area (Å²) in [5, 5.41) is 3.70. The molecule has 132 valence electrons. The van der Waals surface area contributed by atoms with Crippen molar-refractivity contribution in [3.63, 3.8) is 0 Å². The molecule has 2 aromatic carbocycles. The van der Waals surface area contributed by atoms with E-state index in [1.54, 1.807) is 4.90 Å². The van der Waals surface area contributed by atoms with Crippen LogP contribution < -0.4 is 10.2 Å². The molecule has 1 unspecified atom stereocenters. The van der Waals surface area contributed by atoms with Crippen molar-refractivity contribution in [1.29, 1.82) is 0 Å². The molecule has 2 aromatic rings. The zero-order valence-corrected chi connectivity index (χ0v) is 15.2. The number of urea groups is 1. The highest BCUT2D eigenvalue weighted by molar-refractivity contribution is 6.30. The summed E-state index contributed by atoms with van der Waals surface area (Å²) in [6.07, 6.45) is -0.138. The van der Waals surface area contributed by atoms with Gasteiger partial charge in [-0.1, -0.05) is 35.9 Å². The molecule has 1 saturated heterocycles. The van der Waals surface area contributed by atoms with Gasteiger partial charge in [-0.05, 0) is 29.8 Å². The molecule has 1 heterocycles. The largest absolute Gasteiger partial charge is 0.376 e. The van der Waals surface area contributed by atoms with Crippen molar-refractivity contribution in [3.8, 4) is 0 Å². The number of rotatable bonds is 3. The maximum absolute atomic E-state index is 12.7. The van der Waals surface area contributed by atoms with E-state index in [-0.39, 0.29) is 12.1 Å². The Morgan fingerprint density at radius 2 is 1.92 bits per heavy atom. The highest BCUT2D eigenvalue weighted by Crippen LogP contribution is 2.26. The van der Waals surface area contributed by atoms with Gasteiger partial charge < -0.3 is 19.9 Å². The molecular formula is C19H22ClN3O2. The van der Waals surface area contributed by atoms with Crippen LogP contribution >= 0.6 is 11.6 Å². The fraction of sp³-hybridized carbons (Fsp3) is 0.316. The second-order valence-corrected chi connectivity index (χ2v) is 6.64. The minimum absolute atomic E-state index is 0.114. The average molecular weight is 360 g/mol. The number of carbonyl (C=O) groups is 1. The smallest absolute Gasteiger partial charge is 0.322 e. The minimum Gasteiger partial charge on any atom is -0.376 e. The maximum atomic E-state index is 12.7. The lowest BCUT2D eigenvalue weighted by molar-refractivity contribution is -0.0135. The van der Waals surface area contributed by atoms with Crippen LogP contribution in [0.25, 0.3) is 0 Å².